The van der Waals surface area contributed by atoms with Crippen LogP contribution in [0.3, 0.4) is 0 Å². The predicted molar refractivity (Wildman–Crippen MR) is 79.4 cm³/mol. The highest BCUT2D eigenvalue weighted by molar-refractivity contribution is 9.10. The quantitative estimate of drug-likeness (QED) is 0.921. The van der Waals surface area contributed by atoms with E-state index in [1.165, 1.54) is 25.3 Å². The summed E-state index contributed by atoms with van der Waals surface area (Å²) in [7, 11) is 1.47. The number of amides is 1. The van der Waals surface area contributed by atoms with E-state index < -0.39 is 5.82 Å². The van der Waals surface area contributed by atoms with Gasteiger partial charge < -0.3 is 10.1 Å². The summed E-state index contributed by atoms with van der Waals surface area (Å²) in [5, 5.41) is 2.65. The number of hydrogen-bond acceptors (Lipinski definition) is 2. The van der Waals surface area contributed by atoms with Crippen molar-refractivity contribution < 1.29 is 13.9 Å². The van der Waals surface area contributed by atoms with Crippen LogP contribution in [0.1, 0.15) is 5.56 Å². The normalized spacial score (nSPS) is 10.2. The monoisotopic (exact) mass is 337 g/mol. The lowest BCUT2D eigenvalue weighted by atomic mass is 10.1. The maximum Gasteiger partial charge on any atom is 0.228 e. The molecule has 2 rings (SSSR count). The Labute approximate surface area is 124 Å². The van der Waals surface area contributed by atoms with Gasteiger partial charge in [0.15, 0.2) is 0 Å². The molecule has 0 radical (unpaired) electrons. The van der Waals surface area contributed by atoms with Crippen molar-refractivity contribution >= 4 is 27.5 Å². The van der Waals surface area contributed by atoms with Gasteiger partial charge in [-0.05, 0) is 29.8 Å². The minimum absolute atomic E-state index is 0.215. The molecule has 0 spiro atoms. The third-order valence-electron chi connectivity index (χ3n) is 2.71. The number of carbonyl (C=O) groups is 1. The molecule has 0 unspecified atom stereocenters. The summed E-state index contributed by atoms with van der Waals surface area (Å²) < 4.78 is 19.2. The lowest BCUT2D eigenvalue weighted by Gasteiger charge is -2.10. The summed E-state index contributed by atoms with van der Waals surface area (Å²) in [6.45, 7) is 0. The third-order valence-corrected chi connectivity index (χ3v) is 3.24. The molecular formula is C15H13BrFNO2. The second-order valence-electron chi connectivity index (χ2n) is 4.20. The molecule has 2 aromatic carbocycles. The highest BCUT2D eigenvalue weighted by atomic mass is 79.9. The molecule has 2 aromatic rings. The number of nitrogens with one attached hydrogen (secondary N) is 1. The Kier molecular flexibility index (Phi) is 4.74. The number of ether oxygens (including phenoxy) is 1. The molecule has 0 saturated heterocycles. The number of methoxy groups -OCH3 is 1. The van der Waals surface area contributed by atoms with Crippen LogP contribution in [0, 0.1) is 5.82 Å². The van der Waals surface area contributed by atoms with Crippen molar-refractivity contribution in [2.45, 2.75) is 6.42 Å². The molecular weight excluding hydrogens is 325 g/mol. The summed E-state index contributed by atoms with van der Waals surface area (Å²) in [6, 6.07) is 11.4. The average Bonchev–Trinajstić information content (AvgIpc) is 2.41. The molecule has 0 fully saturated rings. The van der Waals surface area contributed by atoms with E-state index in [-0.39, 0.29) is 12.3 Å². The van der Waals surface area contributed by atoms with E-state index in [1.807, 2.05) is 24.3 Å². The van der Waals surface area contributed by atoms with Crippen molar-refractivity contribution in [1.82, 2.24) is 0 Å². The fraction of sp³-hybridized carbons (Fsp3) is 0.133. The first-order chi connectivity index (χ1) is 9.58. The van der Waals surface area contributed by atoms with Crippen LogP contribution in [-0.2, 0) is 11.2 Å². The highest BCUT2D eigenvalue weighted by Crippen LogP contribution is 2.25. The van der Waals surface area contributed by atoms with Crippen molar-refractivity contribution in [2.75, 3.05) is 12.4 Å². The first-order valence-corrected chi connectivity index (χ1v) is 6.75. The number of rotatable bonds is 4. The van der Waals surface area contributed by atoms with Crippen LogP contribution >= 0.6 is 15.9 Å². The topological polar surface area (TPSA) is 38.3 Å². The largest absolute Gasteiger partial charge is 0.495 e. The molecule has 0 atom stereocenters. The zero-order chi connectivity index (χ0) is 14.5. The van der Waals surface area contributed by atoms with E-state index in [2.05, 4.69) is 21.2 Å². The Morgan fingerprint density at radius 2 is 1.95 bits per heavy atom. The molecule has 0 aliphatic rings. The van der Waals surface area contributed by atoms with E-state index in [0.29, 0.717) is 11.4 Å². The summed E-state index contributed by atoms with van der Waals surface area (Å²) in [5.41, 5.74) is 1.20. The Morgan fingerprint density at radius 3 is 2.60 bits per heavy atom. The van der Waals surface area contributed by atoms with Crippen LogP contribution in [0.4, 0.5) is 10.1 Å². The molecule has 0 aromatic heterocycles. The van der Waals surface area contributed by atoms with Crippen molar-refractivity contribution in [2.24, 2.45) is 0 Å². The third kappa shape index (κ3) is 3.81. The van der Waals surface area contributed by atoms with Gasteiger partial charge in [0.1, 0.15) is 11.6 Å². The molecule has 0 aliphatic carbocycles. The number of hydrogen-bond donors (Lipinski definition) is 1. The second kappa shape index (κ2) is 6.52. The Hall–Kier alpha value is -1.88. The number of carbonyl (C=O) groups excluding carboxylic acids is 1. The van der Waals surface area contributed by atoms with Crippen LogP contribution < -0.4 is 10.1 Å². The lowest BCUT2D eigenvalue weighted by Crippen LogP contribution is -2.15. The number of benzene rings is 2. The molecule has 0 bridgehead atoms. The molecule has 1 amide bonds. The summed E-state index contributed by atoms with van der Waals surface area (Å²) >= 11 is 3.33. The SMILES string of the molecule is COc1ccc(F)cc1NC(=O)Cc1ccc(Br)cc1. The molecule has 5 heteroatoms. The fourth-order valence-electron chi connectivity index (χ4n) is 1.76. The van der Waals surface area contributed by atoms with Gasteiger partial charge in [0.25, 0.3) is 0 Å². The van der Waals surface area contributed by atoms with Crippen molar-refractivity contribution in [3.05, 3.63) is 58.3 Å². The number of halogens is 2. The van der Waals surface area contributed by atoms with Gasteiger partial charge in [-0.1, -0.05) is 28.1 Å². The van der Waals surface area contributed by atoms with Crippen molar-refractivity contribution in [3.63, 3.8) is 0 Å². The van der Waals surface area contributed by atoms with Crippen LogP contribution in [0.5, 0.6) is 5.75 Å². The standard InChI is InChI=1S/C15H13BrFNO2/c1-20-14-7-6-12(17)9-13(14)18-15(19)8-10-2-4-11(16)5-3-10/h2-7,9H,8H2,1H3,(H,18,19). The van der Waals surface area contributed by atoms with E-state index in [9.17, 15) is 9.18 Å². The number of anilines is 1. The summed E-state index contributed by atoms with van der Waals surface area (Å²) in [6.07, 6.45) is 0.215. The minimum atomic E-state index is -0.426. The predicted octanol–water partition coefficient (Wildman–Crippen LogP) is 3.78. The fourth-order valence-corrected chi connectivity index (χ4v) is 2.02. The van der Waals surface area contributed by atoms with E-state index >= 15 is 0 Å². The Bertz CT molecular complexity index is 614. The van der Waals surface area contributed by atoms with Gasteiger partial charge in [-0.3, -0.25) is 4.79 Å². The Balaban J connectivity index is 2.08. The van der Waals surface area contributed by atoms with E-state index in [1.54, 1.807) is 0 Å². The minimum Gasteiger partial charge on any atom is -0.495 e. The first kappa shape index (κ1) is 14.5. The molecule has 0 aliphatic heterocycles. The molecule has 1 N–H and O–H groups in total. The maximum absolute atomic E-state index is 13.2. The summed E-state index contributed by atoms with van der Waals surface area (Å²) in [5.74, 6) is -0.225. The smallest absolute Gasteiger partial charge is 0.228 e. The Morgan fingerprint density at radius 1 is 1.25 bits per heavy atom. The average molecular weight is 338 g/mol. The second-order valence-corrected chi connectivity index (χ2v) is 5.11. The maximum atomic E-state index is 13.2. The molecule has 0 heterocycles. The van der Waals surface area contributed by atoms with Gasteiger partial charge in [0, 0.05) is 10.5 Å². The van der Waals surface area contributed by atoms with Gasteiger partial charge in [-0.2, -0.15) is 0 Å². The van der Waals surface area contributed by atoms with Crippen LogP contribution in [0.15, 0.2) is 46.9 Å². The lowest BCUT2D eigenvalue weighted by molar-refractivity contribution is -0.115. The van der Waals surface area contributed by atoms with Crippen LogP contribution in [0.25, 0.3) is 0 Å². The van der Waals surface area contributed by atoms with Gasteiger partial charge in [0.2, 0.25) is 5.91 Å². The van der Waals surface area contributed by atoms with Crippen LogP contribution in [0.2, 0.25) is 0 Å². The van der Waals surface area contributed by atoms with Gasteiger partial charge in [0.05, 0.1) is 19.2 Å². The molecule has 0 saturated carbocycles. The summed E-state index contributed by atoms with van der Waals surface area (Å²) in [4.78, 5) is 11.9. The zero-order valence-corrected chi connectivity index (χ0v) is 12.4. The van der Waals surface area contributed by atoms with Crippen molar-refractivity contribution in [1.29, 1.82) is 0 Å². The zero-order valence-electron chi connectivity index (χ0n) is 10.8. The van der Waals surface area contributed by atoms with Gasteiger partial charge >= 0.3 is 0 Å². The molecule has 104 valence electrons. The van der Waals surface area contributed by atoms with Crippen LogP contribution in [-0.4, -0.2) is 13.0 Å². The van der Waals surface area contributed by atoms with Gasteiger partial charge in [-0.25, -0.2) is 4.39 Å². The van der Waals surface area contributed by atoms with E-state index in [0.717, 1.165) is 10.0 Å². The van der Waals surface area contributed by atoms with E-state index in [4.69, 9.17) is 4.74 Å². The van der Waals surface area contributed by atoms with Gasteiger partial charge in [-0.15, -0.1) is 0 Å². The first-order valence-electron chi connectivity index (χ1n) is 5.96. The molecule has 3 nitrogen and oxygen atoms in total. The van der Waals surface area contributed by atoms with Crippen molar-refractivity contribution in [3.8, 4) is 5.75 Å². The molecule has 20 heavy (non-hydrogen) atoms. The highest BCUT2D eigenvalue weighted by Gasteiger charge is 2.09.